The van der Waals surface area contributed by atoms with Crippen LogP contribution in [0.2, 0.25) is 0 Å². The van der Waals surface area contributed by atoms with Gasteiger partial charge in [0.2, 0.25) is 11.8 Å². The SMILES string of the molecule is NC(=O)C1CCN(C(=O)C2(c3ccc(Br)cc3)CCOCC2)CC1. The average molecular weight is 395 g/mol. The highest BCUT2D eigenvalue weighted by atomic mass is 79.9. The van der Waals surface area contributed by atoms with Gasteiger partial charge in [0.25, 0.3) is 0 Å². The number of hydrogen-bond donors (Lipinski definition) is 1. The van der Waals surface area contributed by atoms with E-state index in [0.29, 0.717) is 52.0 Å². The number of carbonyl (C=O) groups excluding carboxylic acids is 2. The van der Waals surface area contributed by atoms with Gasteiger partial charge >= 0.3 is 0 Å². The van der Waals surface area contributed by atoms with Gasteiger partial charge in [-0.3, -0.25) is 9.59 Å². The van der Waals surface area contributed by atoms with E-state index < -0.39 is 5.41 Å². The van der Waals surface area contributed by atoms with Crippen LogP contribution in [0.15, 0.2) is 28.7 Å². The third-order valence-electron chi connectivity index (χ3n) is 5.34. The number of halogens is 1. The Kier molecular flexibility index (Phi) is 5.25. The van der Waals surface area contributed by atoms with Crippen molar-refractivity contribution in [2.75, 3.05) is 26.3 Å². The van der Waals surface area contributed by atoms with Gasteiger partial charge in [-0.25, -0.2) is 0 Å². The van der Waals surface area contributed by atoms with Gasteiger partial charge < -0.3 is 15.4 Å². The number of ether oxygens (including phenoxy) is 1. The Morgan fingerprint density at radius 1 is 1.12 bits per heavy atom. The normalized spacial score (nSPS) is 21.5. The van der Waals surface area contributed by atoms with Crippen molar-refractivity contribution in [3.63, 3.8) is 0 Å². The number of rotatable bonds is 3. The first-order valence-corrected chi connectivity index (χ1v) is 9.25. The first kappa shape index (κ1) is 17.4. The molecule has 0 bridgehead atoms. The summed E-state index contributed by atoms with van der Waals surface area (Å²) in [5.74, 6) is -0.195. The Morgan fingerprint density at radius 2 is 1.71 bits per heavy atom. The summed E-state index contributed by atoms with van der Waals surface area (Å²) < 4.78 is 6.52. The third-order valence-corrected chi connectivity index (χ3v) is 5.87. The van der Waals surface area contributed by atoms with Crippen molar-refractivity contribution < 1.29 is 14.3 Å². The third kappa shape index (κ3) is 3.35. The molecule has 1 aromatic rings. The lowest BCUT2D eigenvalue weighted by Crippen LogP contribution is -2.52. The van der Waals surface area contributed by atoms with Crippen molar-refractivity contribution in [3.05, 3.63) is 34.3 Å². The highest BCUT2D eigenvalue weighted by Crippen LogP contribution is 2.38. The van der Waals surface area contributed by atoms with Crippen molar-refractivity contribution in [1.82, 2.24) is 4.90 Å². The van der Waals surface area contributed by atoms with E-state index >= 15 is 0 Å². The lowest BCUT2D eigenvalue weighted by atomic mass is 9.72. The van der Waals surface area contributed by atoms with Gasteiger partial charge in [-0.2, -0.15) is 0 Å². The minimum atomic E-state index is -0.515. The van der Waals surface area contributed by atoms with Crippen molar-refractivity contribution in [3.8, 4) is 0 Å². The Hall–Kier alpha value is -1.40. The van der Waals surface area contributed by atoms with E-state index in [1.165, 1.54) is 0 Å². The first-order chi connectivity index (χ1) is 11.5. The standard InChI is InChI=1S/C18H23BrN2O3/c19-15-3-1-14(2-4-15)18(7-11-24-12-8-18)17(23)21-9-5-13(6-10-21)16(20)22/h1-4,13H,5-12H2,(H2,20,22). The van der Waals surface area contributed by atoms with E-state index in [4.69, 9.17) is 10.5 Å². The Morgan fingerprint density at radius 3 is 2.25 bits per heavy atom. The first-order valence-electron chi connectivity index (χ1n) is 8.45. The van der Waals surface area contributed by atoms with Crippen molar-refractivity contribution in [2.24, 2.45) is 11.7 Å². The van der Waals surface area contributed by atoms with Crippen LogP contribution in [-0.2, 0) is 19.7 Å². The van der Waals surface area contributed by atoms with Crippen molar-refractivity contribution in [2.45, 2.75) is 31.1 Å². The summed E-state index contributed by atoms with van der Waals surface area (Å²) in [5.41, 5.74) is 5.94. The minimum absolute atomic E-state index is 0.104. The number of primary amides is 1. The molecule has 2 aliphatic heterocycles. The molecule has 2 aliphatic rings. The molecular weight excluding hydrogens is 372 g/mol. The van der Waals surface area contributed by atoms with Gasteiger partial charge in [0.15, 0.2) is 0 Å². The summed E-state index contributed by atoms with van der Waals surface area (Å²) in [7, 11) is 0. The molecule has 2 heterocycles. The number of nitrogens with two attached hydrogens (primary N) is 1. The molecule has 0 saturated carbocycles. The van der Waals surface area contributed by atoms with Gasteiger partial charge in [0.05, 0.1) is 5.41 Å². The molecule has 2 N–H and O–H groups in total. The molecule has 6 heteroatoms. The van der Waals surface area contributed by atoms with E-state index in [2.05, 4.69) is 15.9 Å². The molecule has 2 fully saturated rings. The van der Waals surface area contributed by atoms with Gasteiger partial charge in [-0.15, -0.1) is 0 Å². The molecule has 5 nitrogen and oxygen atoms in total. The average Bonchev–Trinajstić information content (AvgIpc) is 2.62. The quantitative estimate of drug-likeness (QED) is 0.853. The van der Waals surface area contributed by atoms with E-state index in [9.17, 15) is 9.59 Å². The second-order valence-electron chi connectivity index (χ2n) is 6.67. The number of benzene rings is 1. The van der Waals surface area contributed by atoms with Gasteiger partial charge in [-0.1, -0.05) is 28.1 Å². The molecule has 2 amide bonds. The smallest absolute Gasteiger partial charge is 0.233 e. The van der Waals surface area contributed by atoms with Crippen molar-refractivity contribution in [1.29, 1.82) is 0 Å². The fourth-order valence-electron chi connectivity index (χ4n) is 3.78. The molecular formula is C18H23BrN2O3. The number of hydrogen-bond acceptors (Lipinski definition) is 3. The second kappa shape index (κ2) is 7.23. The summed E-state index contributed by atoms with van der Waals surface area (Å²) in [6.07, 6.45) is 2.72. The van der Waals surface area contributed by atoms with Crippen LogP contribution in [0.1, 0.15) is 31.2 Å². The lowest BCUT2D eigenvalue weighted by molar-refractivity contribution is -0.144. The Bertz CT molecular complexity index is 603. The molecule has 3 rings (SSSR count). The maximum Gasteiger partial charge on any atom is 0.233 e. The van der Waals surface area contributed by atoms with Gasteiger partial charge in [0, 0.05) is 36.7 Å². The fourth-order valence-corrected chi connectivity index (χ4v) is 4.05. The van der Waals surface area contributed by atoms with Gasteiger partial charge in [0.1, 0.15) is 0 Å². The highest BCUT2D eigenvalue weighted by molar-refractivity contribution is 9.10. The van der Waals surface area contributed by atoms with Crippen LogP contribution in [0.4, 0.5) is 0 Å². The molecule has 0 spiro atoms. The lowest BCUT2D eigenvalue weighted by Gasteiger charge is -2.42. The minimum Gasteiger partial charge on any atom is -0.381 e. The van der Waals surface area contributed by atoms with Crippen LogP contribution >= 0.6 is 15.9 Å². The Balaban J connectivity index is 1.82. The van der Waals surface area contributed by atoms with Crippen LogP contribution in [-0.4, -0.2) is 43.0 Å². The number of carbonyl (C=O) groups is 2. The van der Waals surface area contributed by atoms with E-state index in [1.54, 1.807) is 0 Å². The zero-order valence-corrected chi connectivity index (χ0v) is 15.3. The Labute approximate surface area is 150 Å². The second-order valence-corrected chi connectivity index (χ2v) is 7.59. The monoisotopic (exact) mass is 394 g/mol. The largest absolute Gasteiger partial charge is 0.381 e. The molecule has 0 atom stereocenters. The highest BCUT2D eigenvalue weighted by Gasteiger charge is 2.44. The van der Waals surface area contributed by atoms with Crippen LogP contribution < -0.4 is 5.73 Å². The molecule has 0 unspecified atom stereocenters. The maximum absolute atomic E-state index is 13.4. The summed E-state index contributed by atoms with van der Waals surface area (Å²) in [4.78, 5) is 26.6. The zero-order valence-electron chi connectivity index (χ0n) is 13.7. The van der Waals surface area contributed by atoms with E-state index in [1.807, 2.05) is 29.2 Å². The van der Waals surface area contributed by atoms with Crippen LogP contribution in [0.5, 0.6) is 0 Å². The molecule has 0 radical (unpaired) electrons. The number of nitrogens with zero attached hydrogens (tertiary/aromatic N) is 1. The van der Waals surface area contributed by atoms with Crippen LogP contribution in [0, 0.1) is 5.92 Å². The van der Waals surface area contributed by atoms with E-state index in [-0.39, 0.29) is 17.7 Å². The van der Waals surface area contributed by atoms with Gasteiger partial charge in [-0.05, 0) is 43.4 Å². The fraction of sp³-hybridized carbons (Fsp3) is 0.556. The molecule has 24 heavy (non-hydrogen) atoms. The number of piperidine rings is 1. The van der Waals surface area contributed by atoms with Crippen molar-refractivity contribution >= 4 is 27.7 Å². The summed E-state index contributed by atoms with van der Waals surface area (Å²) >= 11 is 3.46. The molecule has 0 aromatic heterocycles. The predicted molar refractivity (Wildman–Crippen MR) is 94.4 cm³/mol. The van der Waals surface area contributed by atoms with Crippen LogP contribution in [0.25, 0.3) is 0 Å². The molecule has 130 valence electrons. The van der Waals surface area contributed by atoms with Crippen LogP contribution in [0.3, 0.4) is 0 Å². The number of likely N-dealkylation sites (tertiary alicyclic amines) is 1. The van der Waals surface area contributed by atoms with E-state index in [0.717, 1.165) is 10.0 Å². The molecule has 2 saturated heterocycles. The summed E-state index contributed by atoms with van der Waals surface area (Å²) in [5, 5.41) is 0. The summed E-state index contributed by atoms with van der Waals surface area (Å²) in [6.45, 7) is 2.40. The number of amides is 2. The predicted octanol–water partition coefficient (Wildman–Crippen LogP) is 2.22. The molecule has 1 aromatic carbocycles. The molecule has 0 aliphatic carbocycles. The maximum atomic E-state index is 13.4. The topological polar surface area (TPSA) is 72.6 Å². The zero-order chi connectivity index (χ0) is 17.2. The summed E-state index contributed by atoms with van der Waals surface area (Å²) in [6, 6.07) is 8.03.